The molecule has 3 N–H and O–H groups in total. The minimum Gasteiger partial charge on any atom is -0.406 e. The molecule has 0 radical (unpaired) electrons. The first-order chi connectivity index (χ1) is 16.4. The first-order valence-electron chi connectivity index (χ1n) is 10.9. The Morgan fingerprint density at radius 1 is 1.31 bits per heavy atom. The number of carbonyl (C=O) groups excluding carboxylic acids is 1. The standard InChI is InChI=1S/C22H28F3N7O3/c1-12(2)31(5)21(34)17-10-18(30-14(4)29-17)32-19(26-11-27-32)13(3)28-20(33)15-7-6-8-16(9-15)35-22(23,24)25/h6-14,21,29,34H,1-5H3,(H,28,33)/t13-,14?,21?/m0/s1. The molecule has 2 heterocycles. The second kappa shape index (κ2) is 10.4. The maximum atomic E-state index is 12.7. The molecule has 1 aromatic carbocycles. The van der Waals surface area contributed by atoms with E-state index in [0.717, 1.165) is 12.1 Å². The second-order valence-electron chi connectivity index (χ2n) is 8.34. The number of hydrogen-bond donors (Lipinski definition) is 3. The number of allylic oxidation sites excluding steroid dienone is 1. The summed E-state index contributed by atoms with van der Waals surface area (Å²) in [6.45, 7) is 7.38. The van der Waals surface area contributed by atoms with Crippen LogP contribution >= 0.6 is 0 Å². The Morgan fingerprint density at radius 2 is 2.03 bits per heavy atom. The van der Waals surface area contributed by atoms with Gasteiger partial charge >= 0.3 is 6.36 Å². The van der Waals surface area contributed by atoms with Crippen molar-refractivity contribution in [2.45, 2.75) is 58.5 Å². The number of likely N-dealkylation sites (N-methyl/N-ethyl adjacent to an activating group) is 1. The van der Waals surface area contributed by atoms with Crippen molar-refractivity contribution in [1.82, 2.24) is 30.3 Å². The zero-order valence-corrected chi connectivity index (χ0v) is 19.9. The van der Waals surface area contributed by atoms with Gasteiger partial charge in [-0.3, -0.25) is 9.69 Å². The number of amides is 1. The van der Waals surface area contributed by atoms with Gasteiger partial charge in [-0.1, -0.05) is 6.07 Å². The molecule has 0 fully saturated rings. The predicted molar refractivity (Wildman–Crippen MR) is 121 cm³/mol. The predicted octanol–water partition coefficient (Wildman–Crippen LogP) is 2.41. The van der Waals surface area contributed by atoms with Crippen LogP contribution in [0.1, 0.15) is 49.9 Å². The fourth-order valence-corrected chi connectivity index (χ4v) is 3.36. The molecule has 0 aliphatic carbocycles. The van der Waals surface area contributed by atoms with Crippen LogP contribution in [0.2, 0.25) is 0 Å². The Morgan fingerprint density at radius 3 is 2.69 bits per heavy atom. The summed E-state index contributed by atoms with van der Waals surface area (Å²) in [4.78, 5) is 23.2. The second-order valence-corrected chi connectivity index (χ2v) is 8.34. The lowest BCUT2D eigenvalue weighted by Crippen LogP contribution is -2.45. The maximum Gasteiger partial charge on any atom is 0.573 e. The molecule has 0 spiro atoms. The number of alkyl halides is 3. The Balaban J connectivity index is 1.80. The fourth-order valence-electron chi connectivity index (χ4n) is 3.36. The van der Waals surface area contributed by atoms with E-state index < -0.39 is 30.3 Å². The first kappa shape index (κ1) is 26.2. The Bertz CT molecular complexity index is 1110. The lowest BCUT2D eigenvalue weighted by Gasteiger charge is -2.32. The molecule has 35 heavy (non-hydrogen) atoms. The van der Waals surface area contributed by atoms with E-state index in [2.05, 4.69) is 30.4 Å². The number of aromatic nitrogens is 3. The highest BCUT2D eigenvalue weighted by molar-refractivity contribution is 5.96. The van der Waals surface area contributed by atoms with Crippen LogP contribution in [0.15, 0.2) is 47.4 Å². The van der Waals surface area contributed by atoms with E-state index in [1.165, 1.54) is 23.1 Å². The number of carbonyl (C=O) groups is 1. The number of aliphatic imine (C=N–C) groups is 1. The number of aliphatic hydroxyl groups is 1. The zero-order valence-electron chi connectivity index (χ0n) is 19.9. The molecule has 1 aliphatic rings. The average molecular weight is 496 g/mol. The molecular weight excluding hydrogens is 467 g/mol. The van der Waals surface area contributed by atoms with Crippen molar-refractivity contribution in [3.8, 4) is 5.75 Å². The number of nitrogens with one attached hydrogen (secondary N) is 2. The van der Waals surface area contributed by atoms with Gasteiger partial charge in [0.1, 0.15) is 24.5 Å². The van der Waals surface area contributed by atoms with E-state index in [1.54, 1.807) is 24.9 Å². The Kier molecular flexibility index (Phi) is 7.80. The highest BCUT2D eigenvalue weighted by atomic mass is 19.4. The van der Waals surface area contributed by atoms with Crippen LogP contribution in [0.5, 0.6) is 5.75 Å². The van der Waals surface area contributed by atoms with E-state index in [0.29, 0.717) is 17.4 Å². The van der Waals surface area contributed by atoms with Crippen molar-refractivity contribution in [1.29, 1.82) is 0 Å². The number of hydrogen-bond acceptors (Lipinski definition) is 8. The fraction of sp³-hybridized carbons (Fsp3) is 0.455. The Labute approximate surface area is 200 Å². The summed E-state index contributed by atoms with van der Waals surface area (Å²) in [6.07, 6.45) is -3.18. The monoisotopic (exact) mass is 495 g/mol. The van der Waals surface area contributed by atoms with Gasteiger partial charge in [-0.25, -0.2) is 9.98 Å². The van der Waals surface area contributed by atoms with Gasteiger partial charge in [0.2, 0.25) is 0 Å². The van der Waals surface area contributed by atoms with Crippen LogP contribution in [0.3, 0.4) is 0 Å². The number of benzene rings is 1. The van der Waals surface area contributed by atoms with E-state index in [4.69, 9.17) is 0 Å². The molecule has 0 saturated carbocycles. The van der Waals surface area contributed by atoms with Crippen LogP contribution in [0.25, 0.3) is 0 Å². The molecule has 190 valence electrons. The number of rotatable bonds is 7. The minimum atomic E-state index is -4.87. The van der Waals surface area contributed by atoms with Crippen molar-refractivity contribution in [3.05, 3.63) is 53.8 Å². The molecule has 1 aromatic heterocycles. The van der Waals surface area contributed by atoms with Crippen LogP contribution in [-0.2, 0) is 0 Å². The van der Waals surface area contributed by atoms with Gasteiger partial charge in [0.15, 0.2) is 11.7 Å². The highest BCUT2D eigenvalue weighted by Crippen LogP contribution is 2.24. The van der Waals surface area contributed by atoms with Gasteiger partial charge < -0.3 is 20.5 Å². The van der Waals surface area contributed by atoms with Crippen LogP contribution < -0.4 is 15.4 Å². The van der Waals surface area contributed by atoms with E-state index in [9.17, 15) is 23.1 Å². The SMILES string of the molecule is CC1N=C(n2ncnc2[C@H](C)NC(=O)c2cccc(OC(F)(F)F)c2)C=C(C(O)N(C)C(C)C)N1. The topological polar surface area (TPSA) is 117 Å². The smallest absolute Gasteiger partial charge is 0.406 e. The van der Waals surface area contributed by atoms with Gasteiger partial charge in [0.25, 0.3) is 5.91 Å². The summed E-state index contributed by atoms with van der Waals surface area (Å²) in [5.74, 6) is -0.375. The molecule has 2 aromatic rings. The van der Waals surface area contributed by atoms with Gasteiger partial charge in [-0.05, 0) is 52.9 Å². The van der Waals surface area contributed by atoms with E-state index in [-0.39, 0.29) is 17.8 Å². The van der Waals surface area contributed by atoms with Gasteiger partial charge in [-0.15, -0.1) is 13.2 Å². The highest BCUT2D eigenvalue weighted by Gasteiger charge is 2.31. The normalized spacial score (nSPS) is 18.0. The van der Waals surface area contributed by atoms with Crippen molar-refractivity contribution in [3.63, 3.8) is 0 Å². The zero-order chi connectivity index (χ0) is 25.9. The number of halogens is 3. The molecule has 0 bridgehead atoms. The molecule has 3 rings (SSSR count). The largest absolute Gasteiger partial charge is 0.573 e. The summed E-state index contributed by atoms with van der Waals surface area (Å²) >= 11 is 0. The third-order valence-electron chi connectivity index (χ3n) is 5.32. The molecule has 3 atom stereocenters. The van der Waals surface area contributed by atoms with Crippen LogP contribution in [-0.4, -0.2) is 68.4 Å². The van der Waals surface area contributed by atoms with Crippen LogP contribution in [0, 0.1) is 0 Å². The number of nitrogens with zero attached hydrogens (tertiary/aromatic N) is 5. The van der Waals surface area contributed by atoms with Gasteiger partial charge in [0.05, 0.1) is 11.7 Å². The summed E-state index contributed by atoms with van der Waals surface area (Å²) in [5.41, 5.74) is 0.512. The summed E-state index contributed by atoms with van der Waals surface area (Å²) in [7, 11) is 1.79. The molecule has 1 amide bonds. The quantitative estimate of drug-likeness (QED) is 0.505. The number of aliphatic hydroxyl groups excluding tert-OH is 1. The third-order valence-corrected chi connectivity index (χ3v) is 5.32. The Hall–Kier alpha value is -3.45. The first-order valence-corrected chi connectivity index (χ1v) is 10.9. The third kappa shape index (κ3) is 6.57. The van der Waals surface area contributed by atoms with Crippen molar-refractivity contribution >= 4 is 11.7 Å². The van der Waals surface area contributed by atoms with Crippen molar-refractivity contribution < 1.29 is 27.8 Å². The summed E-state index contributed by atoms with van der Waals surface area (Å²) in [6, 6.07) is 4.18. The van der Waals surface area contributed by atoms with E-state index >= 15 is 0 Å². The lowest BCUT2D eigenvalue weighted by molar-refractivity contribution is -0.274. The van der Waals surface area contributed by atoms with Gasteiger partial charge in [-0.2, -0.15) is 9.78 Å². The summed E-state index contributed by atoms with van der Waals surface area (Å²) in [5, 5.41) is 20.8. The molecule has 1 aliphatic heterocycles. The molecule has 2 unspecified atom stereocenters. The minimum absolute atomic E-state index is 0.0143. The van der Waals surface area contributed by atoms with Gasteiger partial charge in [0, 0.05) is 17.7 Å². The molecular formula is C22H28F3N7O3. The molecule has 0 saturated heterocycles. The van der Waals surface area contributed by atoms with Crippen LogP contribution in [0.4, 0.5) is 13.2 Å². The maximum absolute atomic E-state index is 12.7. The lowest BCUT2D eigenvalue weighted by atomic mass is 10.2. The average Bonchev–Trinajstić information content (AvgIpc) is 3.26. The van der Waals surface area contributed by atoms with E-state index in [1.807, 2.05) is 20.8 Å². The van der Waals surface area contributed by atoms with Crippen molar-refractivity contribution in [2.24, 2.45) is 4.99 Å². The van der Waals surface area contributed by atoms with Crippen molar-refractivity contribution in [2.75, 3.05) is 7.05 Å². The molecule has 13 heteroatoms. The molecule has 10 nitrogen and oxygen atoms in total. The summed E-state index contributed by atoms with van der Waals surface area (Å²) < 4.78 is 42.8. The number of ether oxygens (including phenoxy) is 1.